The molecule has 6 heteroatoms. The van der Waals surface area contributed by atoms with E-state index in [-0.39, 0.29) is 6.10 Å². The number of aromatic nitrogens is 1. The summed E-state index contributed by atoms with van der Waals surface area (Å²) in [6.45, 7) is 1.62. The standard InChI is InChI=1S/C12H15BrN2O3/c13-10-5-9(6-14-7-10)8-18-11-1-3-15(4-2-11)12(16)17/h5-7,11H,1-4,8H2,(H,16,17). The molecule has 1 N–H and O–H groups in total. The Morgan fingerprint density at radius 1 is 1.50 bits per heavy atom. The van der Waals surface area contributed by atoms with Gasteiger partial charge in [0.2, 0.25) is 0 Å². The monoisotopic (exact) mass is 314 g/mol. The van der Waals surface area contributed by atoms with E-state index in [1.54, 1.807) is 12.4 Å². The van der Waals surface area contributed by atoms with Crippen LogP contribution in [0.5, 0.6) is 0 Å². The molecule has 1 aliphatic rings. The first-order chi connectivity index (χ1) is 8.65. The van der Waals surface area contributed by atoms with Crippen molar-refractivity contribution in [3.8, 4) is 0 Å². The highest BCUT2D eigenvalue weighted by Gasteiger charge is 2.22. The summed E-state index contributed by atoms with van der Waals surface area (Å²) in [4.78, 5) is 16.3. The molecule has 0 saturated carbocycles. The largest absolute Gasteiger partial charge is 0.465 e. The zero-order valence-electron chi connectivity index (χ0n) is 9.88. The van der Waals surface area contributed by atoms with Crippen LogP contribution < -0.4 is 0 Å². The quantitative estimate of drug-likeness (QED) is 0.931. The highest BCUT2D eigenvalue weighted by atomic mass is 79.9. The lowest BCUT2D eigenvalue weighted by molar-refractivity contribution is 0.000257. The zero-order chi connectivity index (χ0) is 13.0. The molecule has 1 aromatic heterocycles. The number of hydrogen-bond donors (Lipinski definition) is 1. The normalized spacial score (nSPS) is 16.8. The van der Waals surface area contributed by atoms with E-state index in [9.17, 15) is 4.79 Å². The molecule has 2 rings (SSSR count). The molecule has 0 aliphatic carbocycles. The van der Waals surface area contributed by atoms with E-state index in [2.05, 4.69) is 20.9 Å². The van der Waals surface area contributed by atoms with E-state index < -0.39 is 6.09 Å². The fourth-order valence-electron chi connectivity index (χ4n) is 1.96. The van der Waals surface area contributed by atoms with Crippen LogP contribution in [0, 0.1) is 0 Å². The summed E-state index contributed by atoms with van der Waals surface area (Å²) in [5.74, 6) is 0. The number of hydrogen-bond acceptors (Lipinski definition) is 3. The molecule has 1 aliphatic heterocycles. The van der Waals surface area contributed by atoms with Gasteiger partial charge in [0, 0.05) is 30.0 Å². The molecule has 1 saturated heterocycles. The lowest BCUT2D eigenvalue weighted by atomic mass is 10.1. The van der Waals surface area contributed by atoms with Crippen molar-refractivity contribution in [3.05, 3.63) is 28.5 Å². The zero-order valence-corrected chi connectivity index (χ0v) is 11.5. The second-order valence-corrected chi connectivity index (χ2v) is 5.21. The van der Waals surface area contributed by atoms with E-state index in [1.165, 1.54) is 4.90 Å². The molecular formula is C12H15BrN2O3. The third kappa shape index (κ3) is 3.68. The third-order valence-corrected chi connectivity index (χ3v) is 3.39. The maximum Gasteiger partial charge on any atom is 0.407 e. The number of piperidine rings is 1. The van der Waals surface area contributed by atoms with Crippen LogP contribution >= 0.6 is 15.9 Å². The van der Waals surface area contributed by atoms with Gasteiger partial charge in [-0.15, -0.1) is 0 Å². The number of likely N-dealkylation sites (tertiary alicyclic amines) is 1. The molecule has 0 bridgehead atoms. The molecule has 0 unspecified atom stereocenters. The third-order valence-electron chi connectivity index (χ3n) is 2.96. The average molecular weight is 315 g/mol. The molecule has 0 aromatic carbocycles. The smallest absolute Gasteiger partial charge is 0.407 e. The van der Waals surface area contributed by atoms with Crippen LogP contribution in [0.15, 0.2) is 22.9 Å². The van der Waals surface area contributed by atoms with Gasteiger partial charge in [-0.1, -0.05) is 0 Å². The highest BCUT2D eigenvalue weighted by Crippen LogP contribution is 2.16. The number of amides is 1. The van der Waals surface area contributed by atoms with Crippen LogP contribution in [0.4, 0.5) is 4.79 Å². The van der Waals surface area contributed by atoms with Crippen LogP contribution in [0.3, 0.4) is 0 Å². The molecule has 98 valence electrons. The minimum atomic E-state index is -0.843. The van der Waals surface area contributed by atoms with Gasteiger partial charge in [-0.3, -0.25) is 4.98 Å². The summed E-state index contributed by atoms with van der Waals surface area (Å²) in [5, 5.41) is 8.83. The van der Waals surface area contributed by atoms with Gasteiger partial charge in [-0.2, -0.15) is 0 Å². The Morgan fingerprint density at radius 2 is 2.22 bits per heavy atom. The van der Waals surface area contributed by atoms with Crippen molar-refractivity contribution in [1.82, 2.24) is 9.88 Å². The maximum atomic E-state index is 10.7. The fourth-order valence-corrected chi connectivity index (χ4v) is 2.37. The van der Waals surface area contributed by atoms with E-state index in [0.29, 0.717) is 19.7 Å². The van der Waals surface area contributed by atoms with Gasteiger partial charge in [-0.05, 0) is 40.4 Å². The Bertz CT molecular complexity index is 420. The van der Waals surface area contributed by atoms with E-state index in [4.69, 9.17) is 9.84 Å². The molecule has 0 spiro atoms. The van der Waals surface area contributed by atoms with Crippen LogP contribution in [0.1, 0.15) is 18.4 Å². The average Bonchev–Trinajstić information content (AvgIpc) is 2.37. The SMILES string of the molecule is O=C(O)N1CCC(OCc2cncc(Br)c2)CC1. The van der Waals surface area contributed by atoms with Gasteiger partial charge in [0.15, 0.2) is 0 Å². The second-order valence-electron chi connectivity index (χ2n) is 4.29. The van der Waals surface area contributed by atoms with Gasteiger partial charge in [0.05, 0.1) is 12.7 Å². The summed E-state index contributed by atoms with van der Waals surface area (Å²) in [6, 6.07) is 1.97. The van der Waals surface area contributed by atoms with Crippen molar-refractivity contribution in [2.75, 3.05) is 13.1 Å². The van der Waals surface area contributed by atoms with Crippen molar-refractivity contribution in [3.63, 3.8) is 0 Å². The summed E-state index contributed by atoms with van der Waals surface area (Å²) in [5.41, 5.74) is 1.02. The van der Waals surface area contributed by atoms with Gasteiger partial charge < -0.3 is 14.7 Å². The fraction of sp³-hybridized carbons (Fsp3) is 0.500. The molecule has 1 amide bonds. The topological polar surface area (TPSA) is 62.7 Å². The minimum absolute atomic E-state index is 0.139. The van der Waals surface area contributed by atoms with Crippen molar-refractivity contribution in [2.45, 2.75) is 25.6 Å². The maximum absolute atomic E-state index is 10.7. The first kappa shape index (κ1) is 13.3. The lowest BCUT2D eigenvalue weighted by Gasteiger charge is -2.29. The number of rotatable bonds is 3. The van der Waals surface area contributed by atoms with E-state index in [1.807, 2.05) is 6.07 Å². The minimum Gasteiger partial charge on any atom is -0.465 e. The second kappa shape index (κ2) is 6.15. The van der Waals surface area contributed by atoms with Gasteiger partial charge in [0.1, 0.15) is 0 Å². The lowest BCUT2D eigenvalue weighted by Crippen LogP contribution is -2.40. The van der Waals surface area contributed by atoms with Gasteiger partial charge >= 0.3 is 6.09 Å². The van der Waals surface area contributed by atoms with Crippen molar-refractivity contribution in [1.29, 1.82) is 0 Å². The van der Waals surface area contributed by atoms with Crippen LogP contribution in [0.25, 0.3) is 0 Å². The summed E-state index contributed by atoms with van der Waals surface area (Å²) >= 11 is 3.36. The number of ether oxygens (including phenoxy) is 1. The molecule has 0 radical (unpaired) electrons. The van der Waals surface area contributed by atoms with Crippen molar-refractivity contribution < 1.29 is 14.6 Å². The van der Waals surface area contributed by atoms with E-state index >= 15 is 0 Å². The van der Waals surface area contributed by atoms with Crippen molar-refractivity contribution >= 4 is 22.0 Å². The van der Waals surface area contributed by atoms with E-state index in [0.717, 1.165) is 22.9 Å². The molecule has 2 heterocycles. The summed E-state index contributed by atoms with van der Waals surface area (Å²) < 4.78 is 6.71. The number of nitrogens with zero attached hydrogens (tertiary/aromatic N) is 2. The number of carboxylic acid groups (broad SMARTS) is 1. The van der Waals surface area contributed by atoms with Gasteiger partial charge in [0.25, 0.3) is 0 Å². The Labute approximate surface area is 114 Å². The predicted molar refractivity (Wildman–Crippen MR) is 69.3 cm³/mol. The Morgan fingerprint density at radius 3 is 2.83 bits per heavy atom. The molecular weight excluding hydrogens is 300 g/mol. The van der Waals surface area contributed by atoms with Crippen LogP contribution in [-0.4, -0.2) is 40.3 Å². The molecule has 18 heavy (non-hydrogen) atoms. The molecule has 1 aromatic rings. The number of halogens is 1. The Kier molecular flexibility index (Phi) is 4.54. The molecule has 1 fully saturated rings. The van der Waals surface area contributed by atoms with Crippen LogP contribution in [0.2, 0.25) is 0 Å². The molecule has 5 nitrogen and oxygen atoms in total. The first-order valence-corrected chi connectivity index (χ1v) is 6.63. The van der Waals surface area contributed by atoms with Crippen molar-refractivity contribution in [2.24, 2.45) is 0 Å². The predicted octanol–water partition coefficient (Wildman–Crippen LogP) is 2.50. The van der Waals surface area contributed by atoms with Gasteiger partial charge in [-0.25, -0.2) is 4.79 Å². The summed E-state index contributed by atoms with van der Waals surface area (Å²) in [7, 11) is 0. The Hall–Kier alpha value is -1.14. The summed E-state index contributed by atoms with van der Waals surface area (Å²) in [6.07, 6.45) is 4.32. The number of carbonyl (C=O) groups is 1. The Balaban J connectivity index is 1.77. The highest BCUT2D eigenvalue weighted by molar-refractivity contribution is 9.10. The van der Waals surface area contributed by atoms with Crippen LogP contribution in [-0.2, 0) is 11.3 Å². The molecule has 0 atom stereocenters. The number of pyridine rings is 1. The first-order valence-electron chi connectivity index (χ1n) is 5.84.